The van der Waals surface area contributed by atoms with Crippen LogP contribution >= 0.6 is 11.6 Å². The molecule has 0 N–H and O–H groups in total. The minimum absolute atomic E-state index is 0.474. The van der Waals surface area contributed by atoms with Crippen molar-refractivity contribution in [2.75, 3.05) is 43.1 Å². The maximum atomic E-state index is 6.18. The summed E-state index contributed by atoms with van der Waals surface area (Å²) < 4.78 is 11.0. The SMILES string of the molecule is COc1ccccc1N1CCN(c2ncnc3onc(-c4cccc(Cl)c4)c23)CC1. The summed E-state index contributed by atoms with van der Waals surface area (Å²) in [6.45, 7) is 3.32. The van der Waals surface area contributed by atoms with Crippen LogP contribution in [0.1, 0.15) is 0 Å². The number of fused-ring (bicyclic) bond motifs is 1. The highest BCUT2D eigenvalue weighted by molar-refractivity contribution is 6.30. The molecule has 0 spiro atoms. The molecule has 1 saturated heterocycles. The summed E-state index contributed by atoms with van der Waals surface area (Å²) in [4.78, 5) is 13.4. The Balaban J connectivity index is 1.46. The van der Waals surface area contributed by atoms with Crippen LogP contribution in [0.5, 0.6) is 5.75 Å². The molecule has 152 valence electrons. The van der Waals surface area contributed by atoms with E-state index in [0.29, 0.717) is 16.4 Å². The fourth-order valence-corrected chi connectivity index (χ4v) is 4.08. The fourth-order valence-electron chi connectivity index (χ4n) is 3.89. The third-order valence-electron chi connectivity index (χ3n) is 5.36. The van der Waals surface area contributed by atoms with Gasteiger partial charge in [-0.1, -0.05) is 41.0 Å². The fraction of sp³-hybridized carbons (Fsp3) is 0.227. The monoisotopic (exact) mass is 421 g/mol. The maximum absolute atomic E-state index is 6.18. The number of methoxy groups -OCH3 is 1. The third-order valence-corrected chi connectivity index (χ3v) is 5.59. The molecule has 4 aromatic rings. The van der Waals surface area contributed by atoms with Gasteiger partial charge in [-0.2, -0.15) is 4.98 Å². The zero-order chi connectivity index (χ0) is 20.5. The van der Waals surface area contributed by atoms with E-state index in [9.17, 15) is 0 Å². The van der Waals surface area contributed by atoms with Crippen LogP contribution in [0.4, 0.5) is 11.5 Å². The molecule has 5 rings (SSSR count). The minimum Gasteiger partial charge on any atom is -0.495 e. The standard InChI is InChI=1S/C22H20ClN5O2/c1-29-18-8-3-2-7-17(18)27-9-11-28(12-10-27)21-19-20(15-5-4-6-16(23)13-15)26-30-22(19)25-14-24-21/h2-8,13-14H,9-12H2,1H3. The number of halogens is 1. The molecule has 3 heterocycles. The summed E-state index contributed by atoms with van der Waals surface area (Å²) in [5.41, 5.74) is 3.17. The average Bonchev–Trinajstić information content (AvgIpc) is 3.24. The van der Waals surface area contributed by atoms with Crippen molar-refractivity contribution in [3.8, 4) is 17.0 Å². The van der Waals surface area contributed by atoms with Crippen molar-refractivity contribution >= 4 is 34.2 Å². The first-order valence-electron chi connectivity index (χ1n) is 9.74. The van der Waals surface area contributed by atoms with Gasteiger partial charge in [0, 0.05) is 36.8 Å². The number of rotatable bonds is 4. The van der Waals surface area contributed by atoms with Gasteiger partial charge < -0.3 is 19.1 Å². The van der Waals surface area contributed by atoms with Gasteiger partial charge in [0.2, 0.25) is 0 Å². The lowest BCUT2D eigenvalue weighted by Gasteiger charge is -2.37. The van der Waals surface area contributed by atoms with Crippen LogP contribution in [0.3, 0.4) is 0 Å². The molecule has 1 fully saturated rings. The molecule has 0 bridgehead atoms. The molecule has 0 atom stereocenters. The molecule has 30 heavy (non-hydrogen) atoms. The first kappa shape index (κ1) is 18.7. The zero-order valence-corrected chi connectivity index (χ0v) is 17.2. The summed E-state index contributed by atoms with van der Waals surface area (Å²) in [6.07, 6.45) is 1.52. The Bertz CT molecular complexity index is 1190. The first-order valence-corrected chi connectivity index (χ1v) is 10.1. The lowest BCUT2D eigenvalue weighted by Crippen LogP contribution is -2.47. The Hall–Kier alpha value is -3.32. The lowest BCUT2D eigenvalue weighted by atomic mass is 10.1. The normalized spacial score (nSPS) is 14.3. The highest BCUT2D eigenvalue weighted by atomic mass is 35.5. The third kappa shape index (κ3) is 3.31. The Kier molecular flexibility index (Phi) is 4.88. The molecule has 1 aliphatic heterocycles. The quantitative estimate of drug-likeness (QED) is 0.487. The molecule has 0 unspecified atom stereocenters. The van der Waals surface area contributed by atoms with Gasteiger partial charge in [-0.25, -0.2) is 4.98 Å². The number of hydrogen-bond acceptors (Lipinski definition) is 7. The molecule has 7 nitrogen and oxygen atoms in total. The van der Waals surface area contributed by atoms with Gasteiger partial charge in [0.05, 0.1) is 12.8 Å². The van der Waals surface area contributed by atoms with E-state index in [2.05, 4.69) is 31.0 Å². The van der Waals surface area contributed by atoms with E-state index in [1.807, 2.05) is 42.5 Å². The predicted molar refractivity (Wildman–Crippen MR) is 117 cm³/mol. The topological polar surface area (TPSA) is 67.5 Å². The van der Waals surface area contributed by atoms with Gasteiger partial charge in [0.25, 0.3) is 5.71 Å². The van der Waals surface area contributed by atoms with E-state index in [0.717, 1.165) is 54.4 Å². The van der Waals surface area contributed by atoms with Crippen molar-refractivity contribution in [1.82, 2.24) is 15.1 Å². The van der Waals surface area contributed by atoms with Gasteiger partial charge in [-0.15, -0.1) is 0 Å². The van der Waals surface area contributed by atoms with Crippen molar-refractivity contribution in [2.24, 2.45) is 0 Å². The molecule has 1 aliphatic rings. The second kappa shape index (κ2) is 7.84. The molecule has 0 saturated carbocycles. The van der Waals surface area contributed by atoms with E-state index < -0.39 is 0 Å². The van der Waals surface area contributed by atoms with Crippen LogP contribution < -0.4 is 14.5 Å². The van der Waals surface area contributed by atoms with Crippen molar-refractivity contribution in [1.29, 1.82) is 0 Å². The number of piperazine rings is 1. The molecule has 8 heteroatoms. The second-order valence-corrected chi connectivity index (χ2v) is 7.50. The molecule has 0 aliphatic carbocycles. The Morgan fingerprint density at radius 3 is 2.57 bits per heavy atom. The summed E-state index contributed by atoms with van der Waals surface area (Å²) >= 11 is 6.18. The number of ether oxygens (including phenoxy) is 1. The molecular formula is C22H20ClN5O2. The number of nitrogens with zero attached hydrogens (tertiary/aromatic N) is 5. The Morgan fingerprint density at radius 2 is 1.77 bits per heavy atom. The second-order valence-electron chi connectivity index (χ2n) is 7.06. The number of para-hydroxylation sites is 2. The molecule has 0 radical (unpaired) electrons. The number of anilines is 2. The van der Waals surface area contributed by atoms with Crippen LogP contribution in [0.25, 0.3) is 22.4 Å². The van der Waals surface area contributed by atoms with Gasteiger partial charge >= 0.3 is 0 Å². The van der Waals surface area contributed by atoms with Gasteiger partial charge in [0.15, 0.2) is 0 Å². The van der Waals surface area contributed by atoms with Crippen molar-refractivity contribution in [3.63, 3.8) is 0 Å². The predicted octanol–water partition coefficient (Wildman–Crippen LogP) is 4.27. The van der Waals surface area contributed by atoms with Crippen LogP contribution in [-0.4, -0.2) is 48.4 Å². The summed E-state index contributed by atoms with van der Waals surface area (Å²) in [7, 11) is 1.70. The Morgan fingerprint density at radius 1 is 0.967 bits per heavy atom. The van der Waals surface area contributed by atoms with Crippen molar-refractivity contribution in [3.05, 3.63) is 59.9 Å². The Labute approximate surface area is 178 Å². The highest BCUT2D eigenvalue weighted by Crippen LogP contribution is 2.35. The van der Waals surface area contributed by atoms with Crippen molar-refractivity contribution < 1.29 is 9.26 Å². The summed E-state index contributed by atoms with van der Waals surface area (Å²) in [5, 5.41) is 5.71. The molecular weight excluding hydrogens is 402 g/mol. The van der Waals surface area contributed by atoms with Crippen LogP contribution in [0.15, 0.2) is 59.4 Å². The van der Waals surface area contributed by atoms with Crippen molar-refractivity contribution in [2.45, 2.75) is 0 Å². The summed E-state index contributed by atoms with van der Waals surface area (Å²) in [6, 6.07) is 15.7. The summed E-state index contributed by atoms with van der Waals surface area (Å²) in [5.74, 6) is 1.72. The van der Waals surface area contributed by atoms with Gasteiger partial charge in [-0.3, -0.25) is 0 Å². The largest absolute Gasteiger partial charge is 0.495 e. The minimum atomic E-state index is 0.474. The molecule has 0 amide bonds. The number of benzene rings is 2. The van der Waals surface area contributed by atoms with E-state index in [1.165, 1.54) is 6.33 Å². The number of aromatic nitrogens is 3. The smallest absolute Gasteiger partial charge is 0.263 e. The average molecular weight is 422 g/mol. The van der Waals surface area contributed by atoms with E-state index >= 15 is 0 Å². The maximum Gasteiger partial charge on any atom is 0.263 e. The van der Waals surface area contributed by atoms with E-state index in [1.54, 1.807) is 7.11 Å². The van der Waals surface area contributed by atoms with Gasteiger partial charge in [0.1, 0.15) is 29.0 Å². The van der Waals surface area contributed by atoms with Crippen LogP contribution in [-0.2, 0) is 0 Å². The molecule has 2 aromatic heterocycles. The zero-order valence-electron chi connectivity index (χ0n) is 16.5. The van der Waals surface area contributed by atoms with E-state index in [-0.39, 0.29) is 0 Å². The van der Waals surface area contributed by atoms with E-state index in [4.69, 9.17) is 20.9 Å². The lowest BCUT2D eigenvalue weighted by molar-refractivity contribution is 0.413. The van der Waals surface area contributed by atoms with Gasteiger partial charge in [-0.05, 0) is 24.3 Å². The highest BCUT2D eigenvalue weighted by Gasteiger charge is 2.25. The first-order chi connectivity index (χ1) is 14.7. The number of hydrogen-bond donors (Lipinski definition) is 0. The molecule has 2 aromatic carbocycles. The van der Waals surface area contributed by atoms with Crippen LogP contribution in [0.2, 0.25) is 5.02 Å². The van der Waals surface area contributed by atoms with Crippen LogP contribution in [0, 0.1) is 0 Å².